The van der Waals surface area contributed by atoms with E-state index in [-0.39, 0.29) is 12.7 Å². The highest BCUT2D eigenvalue weighted by Gasteiger charge is 2.21. The van der Waals surface area contributed by atoms with E-state index in [9.17, 15) is 4.79 Å². The molecule has 1 unspecified atom stereocenters. The number of benzene rings is 1. The summed E-state index contributed by atoms with van der Waals surface area (Å²) >= 11 is 1.33. The molecule has 0 saturated heterocycles. The van der Waals surface area contributed by atoms with Crippen LogP contribution in [-0.4, -0.2) is 37.7 Å². The monoisotopic (exact) mass is 409 g/mol. The van der Waals surface area contributed by atoms with Gasteiger partial charge < -0.3 is 14.8 Å². The minimum absolute atomic E-state index is 0.148. The summed E-state index contributed by atoms with van der Waals surface area (Å²) in [5.74, 6) is 1.83. The summed E-state index contributed by atoms with van der Waals surface area (Å²) in [6.07, 6.45) is 5.20. The van der Waals surface area contributed by atoms with Gasteiger partial charge in [-0.15, -0.1) is 16.8 Å². The van der Waals surface area contributed by atoms with Gasteiger partial charge in [0.25, 0.3) is 0 Å². The molecule has 1 aliphatic heterocycles. The molecule has 1 atom stereocenters. The van der Waals surface area contributed by atoms with E-state index in [1.54, 1.807) is 36.7 Å². The Bertz CT molecular complexity index is 1040. The summed E-state index contributed by atoms with van der Waals surface area (Å²) in [6, 6.07) is 9.07. The van der Waals surface area contributed by atoms with Crippen molar-refractivity contribution in [1.82, 2.24) is 19.7 Å². The van der Waals surface area contributed by atoms with Crippen molar-refractivity contribution in [2.75, 3.05) is 12.1 Å². The molecule has 0 spiro atoms. The number of aromatic nitrogens is 4. The molecule has 2 aromatic heterocycles. The van der Waals surface area contributed by atoms with Gasteiger partial charge in [0, 0.05) is 36.3 Å². The second-order valence-corrected chi connectivity index (χ2v) is 7.57. The third kappa shape index (κ3) is 4.09. The van der Waals surface area contributed by atoms with Gasteiger partial charge in [-0.05, 0) is 31.2 Å². The van der Waals surface area contributed by atoms with E-state index in [4.69, 9.17) is 9.47 Å². The van der Waals surface area contributed by atoms with E-state index in [0.717, 1.165) is 5.56 Å². The number of carbonyl (C=O) groups is 1. The molecule has 0 bridgehead atoms. The number of carbonyl (C=O) groups excluding carboxylic acids is 1. The number of amides is 1. The Morgan fingerprint density at radius 1 is 1.34 bits per heavy atom. The quantitative estimate of drug-likeness (QED) is 0.472. The number of hydrogen-bond donors (Lipinski definition) is 1. The molecule has 3 aromatic rings. The molecule has 3 heterocycles. The molecule has 1 aliphatic rings. The van der Waals surface area contributed by atoms with Crippen molar-refractivity contribution >= 4 is 23.4 Å². The first kappa shape index (κ1) is 19.0. The lowest BCUT2D eigenvalue weighted by Crippen LogP contribution is -2.23. The van der Waals surface area contributed by atoms with Gasteiger partial charge in [0.15, 0.2) is 22.5 Å². The van der Waals surface area contributed by atoms with Crippen molar-refractivity contribution in [3.63, 3.8) is 0 Å². The van der Waals surface area contributed by atoms with Crippen molar-refractivity contribution in [2.45, 2.75) is 23.9 Å². The molecule has 0 fully saturated rings. The SMILES string of the molecule is C=CCn1c(SC(C)C(=O)Nc2ccc3c(c2)OCO3)nnc1-c1cccnc1. The number of fused-ring (bicyclic) bond motifs is 1. The topological polar surface area (TPSA) is 91.2 Å². The van der Waals surface area contributed by atoms with Gasteiger partial charge in [-0.3, -0.25) is 14.3 Å². The van der Waals surface area contributed by atoms with Gasteiger partial charge in [0.1, 0.15) is 0 Å². The molecule has 1 amide bonds. The first-order chi connectivity index (χ1) is 14.2. The van der Waals surface area contributed by atoms with Crippen molar-refractivity contribution in [3.8, 4) is 22.9 Å². The highest BCUT2D eigenvalue weighted by molar-refractivity contribution is 8.00. The second-order valence-electron chi connectivity index (χ2n) is 6.26. The van der Waals surface area contributed by atoms with Crippen LogP contribution in [0.1, 0.15) is 6.92 Å². The van der Waals surface area contributed by atoms with Crippen molar-refractivity contribution < 1.29 is 14.3 Å². The fraction of sp³-hybridized carbons (Fsp3) is 0.200. The number of pyridine rings is 1. The zero-order valence-electron chi connectivity index (χ0n) is 15.7. The third-order valence-corrected chi connectivity index (χ3v) is 5.32. The minimum atomic E-state index is -0.394. The van der Waals surface area contributed by atoms with Crippen LogP contribution in [0, 0.1) is 0 Å². The Balaban J connectivity index is 1.49. The lowest BCUT2D eigenvalue weighted by molar-refractivity contribution is -0.115. The first-order valence-corrected chi connectivity index (χ1v) is 9.85. The van der Waals surface area contributed by atoms with Gasteiger partial charge in [-0.2, -0.15) is 0 Å². The summed E-state index contributed by atoms with van der Waals surface area (Å²) < 4.78 is 12.6. The van der Waals surface area contributed by atoms with Crippen molar-refractivity contribution in [1.29, 1.82) is 0 Å². The molecule has 4 rings (SSSR count). The van der Waals surface area contributed by atoms with Crippen LogP contribution in [0.5, 0.6) is 11.5 Å². The Morgan fingerprint density at radius 3 is 3.00 bits per heavy atom. The fourth-order valence-corrected chi connectivity index (χ4v) is 3.67. The maximum atomic E-state index is 12.7. The van der Waals surface area contributed by atoms with Gasteiger partial charge in [-0.1, -0.05) is 17.8 Å². The second kappa shape index (κ2) is 8.36. The van der Waals surface area contributed by atoms with Gasteiger partial charge in [0.05, 0.1) is 5.25 Å². The third-order valence-electron chi connectivity index (χ3n) is 4.24. The predicted octanol–water partition coefficient (Wildman–Crippen LogP) is 3.37. The standard InChI is InChI=1S/C20H19N5O3S/c1-3-9-25-18(14-5-4-8-21-11-14)23-24-20(25)29-13(2)19(26)22-15-6-7-16-17(10-15)28-12-27-16/h3-8,10-11,13H,1,9,12H2,2H3,(H,22,26). The molecule has 9 heteroatoms. The number of allylic oxidation sites excluding steroid dienone is 1. The van der Waals surface area contributed by atoms with Gasteiger partial charge >= 0.3 is 0 Å². The highest BCUT2D eigenvalue weighted by Crippen LogP contribution is 2.34. The normalized spacial score (nSPS) is 13.1. The van der Waals surface area contributed by atoms with Crippen LogP contribution >= 0.6 is 11.8 Å². The summed E-state index contributed by atoms with van der Waals surface area (Å²) in [6.45, 7) is 6.35. The van der Waals surface area contributed by atoms with E-state index in [1.807, 2.05) is 23.6 Å². The van der Waals surface area contributed by atoms with Crippen molar-refractivity contribution in [3.05, 3.63) is 55.4 Å². The molecular weight excluding hydrogens is 390 g/mol. The minimum Gasteiger partial charge on any atom is -0.454 e. The fourth-order valence-electron chi connectivity index (χ4n) is 2.81. The van der Waals surface area contributed by atoms with Crippen LogP contribution in [0.2, 0.25) is 0 Å². The average Bonchev–Trinajstić information content (AvgIpc) is 3.36. The van der Waals surface area contributed by atoms with E-state index >= 15 is 0 Å². The van der Waals surface area contributed by atoms with Crippen LogP contribution < -0.4 is 14.8 Å². The zero-order chi connectivity index (χ0) is 20.2. The molecular formula is C20H19N5O3S. The highest BCUT2D eigenvalue weighted by atomic mass is 32.2. The molecule has 0 radical (unpaired) electrons. The number of hydrogen-bond acceptors (Lipinski definition) is 7. The summed E-state index contributed by atoms with van der Waals surface area (Å²) in [7, 11) is 0. The largest absolute Gasteiger partial charge is 0.454 e. The molecule has 8 nitrogen and oxygen atoms in total. The Kier molecular flexibility index (Phi) is 5.48. The van der Waals surface area contributed by atoms with E-state index in [1.165, 1.54) is 11.8 Å². The molecule has 148 valence electrons. The average molecular weight is 409 g/mol. The van der Waals surface area contributed by atoms with E-state index in [0.29, 0.717) is 34.7 Å². The molecule has 1 N–H and O–H groups in total. The smallest absolute Gasteiger partial charge is 0.237 e. The maximum Gasteiger partial charge on any atom is 0.237 e. The molecule has 0 saturated carbocycles. The van der Waals surface area contributed by atoms with Crippen LogP contribution in [0.25, 0.3) is 11.4 Å². The predicted molar refractivity (Wildman–Crippen MR) is 110 cm³/mol. The zero-order valence-corrected chi connectivity index (χ0v) is 16.6. The van der Waals surface area contributed by atoms with Crippen LogP contribution in [0.3, 0.4) is 0 Å². The lowest BCUT2D eigenvalue weighted by atomic mass is 10.2. The summed E-state index contributed by atoms with van der Waals surface area (Å²) in [5.41, 5.74) is 1.50. The van der Waals surface area contributed by atoms with Crippen LogP contribution in [0.15, 0.2) is 60.5 Å². The maximum absolute atomic E-state index is 12.7. The Labute approximate surface area is 172 Å². The Morgan fingerprint density at radius 2 is 2.21 bits per heavy atom. The van der Waals surface area contributed by atoms with Crippen LogP contribution in [-0.2, 0) is 11.3 Å². The lowest BCUT2D eigenvalue weighted by Gasteiger charge is -2.13. The van der Waals surface area contributed by atoms with Gasteiger partial charge in [0.2, 0.25) is 12.7 Å². The van der Waals surface area contributed by atoms with Crippen LogP contribution in [0.4, 0.5) is 5.69 Å². The summed E-state index contributed by atoms with van der Waals surface area (Å²) in [5, 5.41) is 11.7. The number of thioether (sulfide) groups is 1. The number of ether oxygens (including phenoxy) is 2. The van der Waals surface area contributed by atoms with Crippen molar-refractivity contribution in [2.24, 2.45) is 0 Å². The number of nitrogens with zero attached hydrogens (tertiary/aromatic N) is 4. The Hall–Kier alpha value is -3.33. The number of rotatable bonds is 7. The van der Waals surface area contributed by atoms with Gasteiger partial charge in [-0.25, -0.2) is 0 Å². The summed E-state index contributed by atoms with van der Waals surface area (Å²) in [4.78, 5) is 16.8. The number of anilines is 1. The molecule has 0 aliphatic carbocycles. The molecule has 29 heavy (non-hydrogen) atoms. The molecule has 1 aromatic carbocycles. The van der Waals surface area contributed by atoms with E-state index < -0.39 is 5.25 Å². The van der Waals surface area contributed by atoms with E-state index in [2.05, 4.69) is 27.1 Å². The first-order valence-electron chi connectivity index (χ1n) is 8.97. The number of nitrogens with one attached hydrogen (secondary N) is 1.